The van der Waals surface area contributed by atoms with Gasteiger partial charge in [0.25, 0.3) is 0 Å². The van der Waals surface area contributed by atoms with Gasteiger partial charge in [-0.15, -0.1) is 0 Å². The lowest BCUT2D eigenvalue weighted by Crippen LogP contribution is -2.30. The Balaban J connectivity index is 1.76. The number of para-hydroxylation sites is 1. The van der Waals surface area contributed by atoms with Gasteiger partial charge in [-0.1, -0.05) is 66.7 Å². The second kappa shape index (κ2) is 7.16. The lowest BCUT2D eigenvalue weighted by Gasteiger charge is -2.13. The summed E-state index contributed by atoms with van der Waals surface area (Å²) in [7, 11) is 1.78. The van der Waals surface area contributed by atoms with Gasteiger partial charge in [0.05, 0.1) is 10.8 Å². The fourth-order valence-corrected chi connectivity index (χ4v) is 5.64. The number of aromatic nitrogens is 1. The van der Waals surface area contributed by atoms with E-state index in [1.54, 1.807) is 11.6 Å². The average Bonchev–Trinajstić information content (AvgIpc) is 3.29. The van der Waals surface area contributed by atoms with Crippen molar-refractivity contribution >= 4 is 54.4 Å². The molecule has 2 heterocycles. The molecule has 0 saturated carbocycles. The van der Waals surface area contributed by atoms with E-state index >= 15 is 0 Å². The summed E-state index contributed by atoms with van der Waals surface area (Å²) in [6, 6.07) is 26.1. The van der Waals surface area contributed by atoms with E-state index in [9.17, 15) is 0 Å². The minimum atomic E-state index is -2.66. The normalized spacial score (nSPS) is 15.3. The number of hydrogen-bond acceptors (Lipinski definition) is 1. The second-order valence-corrected chi connectivity index (χ2v) is 9.29. The van der Waals surface area contributed by atoms with E-state index in [4.69, 9.17) is 12.6 Å². The Bertz CT molecular complexity index is 2190. The van der Waals surface area contributed by atoms with Crippen LogP contribution >= 0.6 is 0 Å². The van der Waals surface area contributed by atoms with Crippen LogP contribution in [0.1, 0.15) is 24.9 Å². The highest BCUT2D eigenvalue weighted by atomic mass is 16.3. The zero-order chi connectivity index (χ0) is 28.8. The van der Waals surface area contributed by atoms with Crippen LogP contribution in [0.4, 0.5) is 0 Å². The molecule has 168 valence electrons. The van der Waals surface area contributed by atoms with Gasteiger partial charge in [0, 0.05) is 35.5 Å². The Hall–Kier alpha value is -4.17. The predicted octanol–water partition coefficient (Wildman–Crippen LogP) is 8.46. The molecule has 0 aliphatic heterocycles. The van der Waals surface area contributed by atoms with Gasteiger partial charge in [-0.2, -0.15) is 0 Å². The number of furan rings is 1. The molecule has 0 saturated heterocycles. The van der Waals surface area contributed by atoms with Crippen molar-refractivity contribution in [1.29, 1.82) is 0 Å². The number of fused-ring (bicyclic) bond motifs is 9. The summed E-state index contributed by atoms with van der Waals surface area (Å²) in [6.07, 6.45) is 1.46. The zero-order valence-corrected chi connectivity index (χ0v) is 19.4. The molecule has 5 aromatic carbocycles. The van der Waals surface area contributed by atoms with Crippen LogP contribution in [0.25, 0.3) is 65.5 Å². The van der Waals surface area contributed by atoms with Crippen molar-refractivity contribution in [3.05, 3.63) is 102 Å². The predicted molar refractivity (Wildman–Crippen MR) is 147 cm³/mol. The quantitative estimate of drug-likeness (QED) is 0.178. The first kappa shape index (κ1) is 15.0. The fraction of sp³-hybridized carbons (Fsp3) is 0.121. The molecule has 0 unspecified atom stereocenters. The number of rotatable bonds is 1. The summed E-state index contributed by atoms with van der Waals surface area (Å²) in [4.78, 5) is 0. The molecule has 2 nitrogen and oxygen atoms in total. The minimum Gasteiger partial charge on any atom is -0.455 e. The van der Waals surface area contributed by atoms with Gasteiger partial charge in [0.1, 0.15) is 18.2 Å². The molecular formula is C33H26NO+. The lowest BCUT2D eigenvalue weighted by atomic mass is 9.90. The number of nitrogens with zero attached hydrogens (tertiary/aromatic N) is 1. The van der Waals surface area contributed by atoms with Crippen LogP contribution in [0.2, 0.25) is 0 Å². The third kappa shape index (κ3) is 2.74. The van der Waals surface area contributed by atoms with Crippen molar-refractivity contribution in [3.8, 4) is 11.1 Å². The van der Waals surface area contributed by atoms with E-state index < -0.39 is 13.7 Å². The van der Waals surface area contributed by atoms with Gasteiger partial charge < -0.3 is 4.42 Å². The molecule has 0 aliphatic carbocycles. The van der Waals surface area contributed by atoms with Crippen molar-refractivity contribution in [2.45, 2.75) is 20.6 Å². The summed E-state index contributed by atoms with van der Waals surface area (Å²) in [5, 5.41) is 5.67. The summed E-state index contributed by atoms with van der Waals surface area (Å²) in [5.41, 5.74) is 4.72. The summed E-state index contributed by atoms with van der Waals surface area (Å²) in [5.74, 6) is 0. The molecular weight excluding hydrogens is 426 g/mol. The first-order valence-corrected chi connectivity index (χ1v) is 11.7. The van der Waals surface area contributed by atoms with Crippen LogP contribution in [-0.4, -0.2) is 0 Å². The second-order valence-electron chi connectivity index (χ2n) is 9.29. The standard InChI is InChI=1S/C33H26NO/c1-19-10-8-14-24-26-16-27-25-15-9-13-23(22-11-6-5-7-12-22)33(25)35-29(27)17-28(26)31-21(3)20(2)18-34(4)32(31)30(19)24/h5-18H,1-4H3/q+1/i2D3,3D3. The van der Waals surface area contributed by atoms with Gasteiger partial charge in [0.2, 0.25) is 5.52 Å². The van der Waals surface area contributed by atoms with Crippen molar-refractivity contribution in [2.75, 3.05) is 0 Å². The highest BCUT2D eigenvalue weighted by Gasteiger charge is 2.22. The van der Waals surface area contributed by atoms with Crippen LogP contribution in [-0.2, 0) is 7.05 Å². The van der Waals surface area contributed by atoms with E-state index in [-0.39, 0.29) is 11.1 Å². The topological polar surface area (TPSA) is 17.0 Å². The Labute approximate surface area is 212 Å². The van der Waals surface area contributed by atoms with Gasteiger partial charge in [-0.25, -0.2) is 4.57 Å². The molecule has 7 aromatic rings. The Morgan fingerprint density at radius 2 is 1.54 bits per heavy atom. The average molecular weight is 459 g/mol. The molecule has 2 heteroatoms. The smallest absolute Gasteiger partial charge is 0.221 e. The molecule has 0 aliphatic rings. The Kier molecular flexibility index (Phi) is 3.06. The van der Waals surface area contributed by atoms with Crippen LogP contribution in [0.3, 0.4) is 0 Å². The maximum absolute atomic E-state index is 8.51. The zero-order valence-electron chi connectivity index (χ0n) is 25.4. The lowest BCUT2D eigenvalue weighted by molar-refractivity contribution is -0.644. The van der Waals surface area contributed by atoms with Crippen LogP contribution in [0.5, 0.6) is 0 Å². The van der Waals surface area contributed by atoms with E-state index in [1.807, 2.05) is 79.7 Å². The van der Waals surface area contributed by atoms with Gasteiger partial charge >= 0.3 is 0 Å². The van der Waals surface area contributed by atoms with E-state index in [2.05, 4.69) is 6.07 Å². The van der Waals surface area contributed by atoms with Crippen molar-refractivity contribution < 1.29 is 17.2 Å². The first-order valence-electron chi connectivity index (χ1n) is 14.7. The maximum Gasteiger partial charge on any atom is 0.221 e. The Morgan fingerprint density at radius 1 is 0.714 bits per heavy atom. The first-order chi connectivity index (χ1) is 19.4. The molecule has 0 N–H and O–H groups in total. The maximum atomic E-state index is 8.51. The monoisotopic (exact) mass is 458 g/mol. The van der Waals surface area contributed by atoms with Gasteiger partial charge in [-0.05, 0) is 60.2 Å². The molecule has 0 atom stereocenters. The highest BCUT2D eigenvalue weighted by Crippen LogP contribution is 2.42. The summed E-state index contributed by atoms with van der Waals surface area (Å²) < 4.78 is 58.5. The van der Waals surface area contributed by atoms with Crippen LogP contribution in [0.15, 0.2) is 89.5 Å². The molecule has 2 aromatic heterocycles. The van der Waals surface area contributed by atoms with E-state index in [0.29, 0.717) is 21.9 Å². The van der Waals surface area contributed by atoms with Crippen molar-refractivity contribution in [3.63, 3.8) is 0 Å². The molecule has 35 heavy (non-hydrogen) atoms. The van der Waals surface area contributed by atoms with E-state index in [1.165, 1.54) is 6.20 Å². The van der Waals surface area contributed by atoms with Gasteiger partial charge in [-0.3, -0.25) is 0 Å². The molecule has 0 spiro atoms. The van der Waals surface area contributed by atoms with Crippen molar-refractivity contribution in [2.24, 2.45) is 7.05 Å². The third-order valence-corrected chi connectivity index (χ3v) is 7.22. The minimum absolute atomic E-state index is 0.138. The van der Waals surface area contributed by atoms with Crippen LogP contribution < -0.4 is 4.57 Å². The number of hydrogen-bond donors (Lipinski definition) is 0. The van der Waals surface area contributed by atoms with Crippen LogP contribution in [0, 0.1) is 20.6 Å². The summed E-state index contributed by atoms with van der Waals surface area (Å²) in [6.45, 7) is -3.28. The molecule has 0 bridgehead atoms. The molecule has 0 amide bonds. The molecule has 0 fully saturated rings. The molecule has 7 rings (SSSR count). The number of pyridine rings is 1. The third-order valence-electron chi connectivity index (χ3n) is 7.22. The molecule has 0 radical (unpaired) electrons. The number of benzene rings is 5. The number of aryl methyl sites for hydroxylation is 4. The highest BCUT2D eigenvalue weighted by molar-refractivity contribution is 6.28. The SMILES string of the molecule is [2H]C([2H])([2H])c1c[n+](C)c2c3c(C)cccc3c3cc4c(cc3c2c1C([2H])([2H])[2H])oc1c(-c2ccccc2)cccc14. The summed E-state index contributed by atoms with van der Waals surface area (Å²) >= 11 is 0. The largest absolute Gasteiger partial charge is 0.455 e. The van der Waals surface area contributed by atoms with E-state index in [0.717, 1.165) is 49.2 Å². The van der Waals surface area contributed by atoms with Crippen molar-refractivity contribution in [1.82, 2.24) is 0 Å². The van der Waals surface area contributed by atoms with Gasteiger partial charge in [0.15, 0.2) is 6.20 Å². The fourth-order valence-electron chi connectivity index (χ4n) is 5.64. The Morgan fingerprint density at radius 3 is 2.37 bits per heavy atom.